The topological polar surface area (TPSA) is 58.6 Å². The Balaban J connectivity index is 1.42. The predicted octanol–water partition coefficient (Wildman–Crippen LogP) is 2.88. The molecule has 1 aromatic rings. The maximum absolute atomic E-state index is 12.4. The molecule has 6 heteroatoms. The van der Waals surface area contributed by atoms with Crippen molar-refractivity contribution in [3.05, 3.63) is 12.1 Å². The first-order chi connectivity index (χ1) is 12.1. The number of carbonyl (C=O) groups is 1. The van der Waals surface area contributed by atoms with E-state index in [-0.39, 0.29) is 12.0 Å². The van der Waals surface area contributed by atoms with E-state index < -0.39 is 0 Å². The minimum atomic E-state index is 0.0261. The van der Waals surface area contributed by atoms with Gasteiger partial charge in [0, 0.05) is 39.5 Å². The molecule has 0 aromatic carbocycles. The maximum Gasteiger partial charge on any atom is 0.233 e. The molecule has 25 heavy (non-hydrogen) atoms. The number of ether oxygens (including phenoxy) is 1. The largest absolute Gasteiger partial charge is 0.471 e. The fourth-order valence-electron chi connectivity index (χ4n) is 3.80. The molecule has 3 rings (SSSR count). The average Bonchev–Trinajstić information content (AvgIpc) is 3.09. The van der Waals surface area contributed by atoms with Crippen LogP contribution in [0.2, 0.25) is 0 Å². The Morgan fingerprint density at radius 1 is 1.20 bits per heavy atom. The SMILES string of the molecule is CN(C)c1ccc(OC2CCN(C(=O)CCC3CCCCC3)C2)nn1. The van der Waals surface area contributed by atoms with E-state index in [0.717, 1.165) is 31.1 Å². The highest BCUT2D eigenvalue weighted by Gasteiger charge is 2.28. The Labute approximate surface area is 150 Å². The second kappa shape index (κ2) is 8.50. The fraction of sp³-hybridized carbons (Fsp3) is 0.737. The number of rotatable bonds is 6. The normalized spacial score (nSPS) is 21.4. The zero-order valence-electron chi connectivity index (χ0n) is 15.5. The summed E-state index contributed by atoms with van der Waals surface area (Å²) in [7, 11) is 3.86. The van der Waals surface area contributed by atoms with Gasteiger partial charge in [0.25, 0.3) is 0 Å². The van der Waals surface area contributed by atoms with Crippen LogP contribution in [0.4, 0.5) is 5.82 Å². The number of anilines is 1. The van der Waals surface area contributed by atoms with Gasteiger partial charge in [0.2, 0.25) is 11.8 Å². The molecule has 2 aliphatic rings. The molecule has 2 fully saturated rings. The molecule has 1 amide bonds. The van der Waals surface area contributed by atoms with Crippen LogP contribution in [0.15, 0.2) is 12.1 Å². The third-order valence-electron chi connectivity index (χ3n) is 5.36. The van der Waals surface area contributed by atoms with E-state index in [9.17, 15) is 4.79 Å². The lowest BCUT2D eigenvalue weighted by molar-refractivity contribution is -0.130. The smallest absolute Gasteiger partial charge is 0.233 e. The van der Waals surface area contributed by atoms with Crippen molar-refractivity contribution >= 4 is 11.7 Å². The first kappa shape index (κ1) is 18.0. The number of aromatic nitrogens is 2. The first-order valence-corrected chi connectivity index (χ1v) is 9.57. The molecule has 1 atom stereocenters. The molecule has 1 saturated heterocycles. The Kier molecular flexibility index (Phi) is 6.10. The second-order valence-electron chi connectivity index (χ2n) is 7.54. The predicted molar refractivity (Wildman–Crippen MR) is 97.8 cm³/mol. The molecule has 2 heterocycles. The van der Waals surface area contributed by atoms with Crippen molar-refractivity contribution in [3.8, 4) is 5.88 Å². The number of carbonyl (C=O) groups excluding carboxylic acids is 1. The van der Waals surface area contributed by atoms with Crippen molar-refractivity contribution in [2.24, 2.45) is 5.92 Å². The van der Waals surface area contributed by atoms with Crippen LogP contribution in [-0.4, -0.2) is 54.3 Å². The van der Waals surface area contributed by atoms with E-state index in [2.05, 4.69) is 10.2 Å². The van der Waals surface area contributed by atoms with E-state index in [1.807, 2.05) is 36.0 Å². The minimum absolute atomic E-state index is 0.0261. The Morgan fingerprint density at radius 2 is 2.00 bits per heavy atom. The lowest BCUT2D eigenvalue weighted by Gasteiger charge is -2.22. The van der Waals surface area contributed by atoms with E-state index >= 15 is 0 Å². The van der Waals surface area contributed by atoms with Gasteiger partial charge in [-0.3, -0.25) is 4.79 Å². The van der Waals surface area contributed by atoms with Gasteiger partial charge >= 0.3 is 0 Å². The van der Waals surface area contributed by atoms with Crippen LogP contribution in [0.1, 0.15) is 51.4 Å². The van der Waals surface area contributed by atoms with Crippen LogP contribution in [0.5, 0.6) is 5.88 Å². The van der Waals surface area contributed by atoms with Crippen molar-refractivity contribution < 1.29 is 9.53 Å². The number of nitrogens with zero attached hydrogens (tertiary/aromatic N) is 4. The monoisotopic (exact) mass is 346 g/mol. The lowest BCUT2D eigenvalue weighted by Crippen LogP contribution is -2.31. The summed E-state index contributed by atoms with van der Waals surface area (Å²) >= 11 is 0. The third-order valence-corrected chi connectivity index (χ3v) is 5.36. The van der Waals surface area contributed by atoms with Gasteiger partial charge in [0.05, 0.1) is 6.54 Å². The molecular weight excluding hydrogens is 316 g/mol. The molecule has 1 aliphatic heterocycles. The van der Waals surface area contributed by atoms with E-state index in [0.29, 0.717) is 18.8 Å². The summed E-state index contributed by atoms with van der Waals surface area (Å²) in [6.07, 6.45) is 9.30. The molecule has 0 spiro atoms. The number of hydrogen-bond donors (Lipinski definition) is 0. The molecule has 6 nitrogen and oxygen atoms in total. The second-order valence-corrected chi connectivity index (χ2v) is 7.54. The Morgan fingerprint density at radius 3 is 2.68 bits per heavy atom. The molecular formula is C19H30N4O2. The van der Waals surface area contributed by atoms with Crippen LogP contribution in [0, 0.1) is 5.92 Å². The van der Waals surface area contributed by atoms with Gasteiger partial charge in [-0.2, -0.15) is 0 Å². The number of amides is 1. The van der Waals surface area contributed by atoms with E-state index in [1.165, 1.54) is 32.1 Å². The van der Waals surface area contributed by atoms with Gasteiger partial charge in [-0.15, -0.1) is 10.2 Å². The molecule has 1 aliphatic carbocycles. The van der Waals surface area contributed by atoms with Gasteiger partial charge in [0.1, 0.15) is 6.10 Å². The molecule has 0 radical (unpaired) electrons. The minimum Gasteiger partial charge on any atom is -0.471 e. The molecule has 1 saturated carbocycles. The first-order valence-electron chi connectivity index (χ1n) is 9.57. The van der Waals surface area contributed by atoms with Crippen molar-refractivity contribution in [1.82, 2.24) is 15.1 Å². The third kappa shape index (κ3) is 5.06. The van der Waals surface area contributed by atoms with Crippen LogP contribution in [0.25, 0.3) is 0 Å². The quantitative estimate of drug-likeness (QED) is 0.793. The summed E-state index contributed by atoms with van der Waals surface area (Å²) in [5.41, 5.74) is 0. The highest BCUT2D eigenvalue weighted by Crippen LogP contribution is 2.28. The molecule has 138 valence electrons. The van der Waals surface area contributed by atoms with Gasteiger partial charge < -0.3 is 14.5 Å². The van der Waals surface area contributed by atoms with Gasteiger partial charge in [-0.05, 0) is 18.4 Å². The van der Waals surface area contributed by atoms with E-state index in [1.54, 1.807) is 0 Å². The summed E-state index contributed by atoms with van der Waals surface area (Å²) in [6, 6.07) is 3.74. The van der Waals surface area contributed by atoms with Crippen molar-refractivity contribution in [2.45, 2.75) is 57.5 Å². The zero-order chi connectivity index (χ0) is 17.6. The number of hydrogen-bond acceptors (Lipinski definition) is 5. The fourth-order valence-corrected chi connectivity index (χ4v) is 3.80. The van der Waals surface area contributed by atoms with Gasteiger partial charge in [0.15, 0.2) is 5.82 Å². The molecule has 1 aromatic heterocycles. The van der Waals surface area contributed by atoms with Crippen LogP contribution >= 0.6 is 0 Å². The van der Waals surface area contributed by atoms with Crippen molar-refractivity contribution in [1.29, 1.82) is 0 Å². The Bertz CT molecular complexity index is 555. The van der Waals surface area contributed by atoms with E-state index in [4.69, 9.17) is 4.74 Å². The average molecular weight is 346 g/mol. The lowest BCUT2D eigenvalue weighted by atomic mass is 9.86. The number of likely N-dealkylation sites (tertiary alicyclic amines) is 1. The molecule has 0 N–H and O–H groups in total. The standard InChI is InChI=1S/C19H30N4O2/c1-22(2)17-9-10-18(21-20-17)25-16-12-13-23(14-16)19(24)11-8-15-6-4-3-5-7-15/h9-10,15-16H,3-8,11-14H2,1-2H3. The summed E-state index contributed by atoms with van der Waals surface area (Å²) in [5, 5.41) is 8.24. The van der Waals surface area contributed by atoms with Crippen molar-refractivity contribution in [3.63, 3.8) is 0 Å². The highest BCUT2D eigenvalue weighted by atomic mass is 16.5. The van der Waals surface area contributed by atoms with Crippen LogP contribution < -0.4 is 9.64 Å². The van der Waals surface area contributed by atoms with Gasteiger partial charge in [-0.25, -0.2) is 0 Å². The molecule has 0 bridgehead atoms. The summed E-state index contributed by atoms with van der Waals surface area (Å²) in [4.78, 5) is 16.3. The molecule has 1 unspecified atom stereocenters. The Hall–Kier alpha value is -1.85. The van der Waals surface area contributed by atoms with Crippen LogP contribution in [0.3, 0.4) is 0 Å². The van der Waals surface area contributed by atoms with Crippen LogP contribution in [-0.2, 0) is 4.79 Å². The zero-order valence-corrected chi connectivity index (χ0v) is 15.5. The maximum atomic E-state index is 12.4. The summed E-state index contributed by atoms with van der Waals surface area (Å²) in [5.74, 6) is 2.38. The summed E-state index contributed by atoms with van der Waals surface area (Å²) < 4.78 is 5.90. The van der Waals surface area contributed by atoms with Gasteiger partial charge in [-0.1, -0.05) is 32.1 Å². The summed E-state index contributed by atoms with van der Waals surface area (Å²) in [6.45, 7) is 1.46. The van der Waals surface area contributed by atoms with Crippen molar-refractivity contribution in [2.75, 3.05) is 32.1 Å². The highest BCUT2D eigenvalue weighted by molar-refractivity contribution is 5.76.